The fraction of sp³-hybridized carbons (Fsp3) is 0.714. The lowest BCUT2D eigenvalue weighted by molar-refractivity contribution is 0.000144. The summed E-state index contributed by atoms with van der Waals surface area (Å²) < 4.78 is 5.37. The number of fused-ring (bicyclic) bond motifs is 5. The number of aliphatic hydroxyl groups excluding tert-OH is 1. The van der Waals surface area contributed by atoms with Crippen LogP contribution in [0.2, 0.25) is 0 Å². The molecule has 4 rings (SSSR count). The number of hydrogen-bond donors (Lipinski definition) is 1. The predicted molar refractivity (Wildman–Crippen MR) is 101 cm³/mol. The molecular formula is C21H31O2P. The van der Waals surface area contributed by atoms with Crippen LogP contribution in [0.1, 0.15) is 63.0 Å². The van der Waals surface area contributed by atoms with E-state index in [0.717, 1.165) is 41.8 Å². The third-order valence-corrected chi connectivity index (χ3v) is 8.13. The molecular weight excluding hydrogens is 315 g/mol. The van der Waals surface area contributed by atoms with E-state index in [4.69, 9.17) is 4.52 Å². The van der Waals surface area contributed by atoms with Gasteiger partial charge in [-0.1, -0.05) is 19.9 Å². The van der Waals surface area contributed by atoms with Gasteiger partial charge >= 0.3 is 0 Å². The van der Waals surface area contributed by atoms with Crippen LogP contribution in [0.4, 0.5) is 0 Å². The fourth-order valence-corrected chi connectivity index (χ4v) is 6.91. The van der Waals surface area contributed by atoms with Crippen molar-refractivity contribution in [2.45, 2.75) is 58.3 Å². The zero-order valence-corrected chi connectivity index (χ0v) is 16.2. The highest BCUT2D eigenvalue weighted by atomic mass is 31.0. The lowest BCUT2D eigenvalue weighted by Crippen LogP contribution is -2.45. The van der Waals surface area contributed by atoms with Crippen molar-refractivity contribution in [3.63, 3.8) is 0 Å². The highest BCUT2D eigenvalue weighted by Crippen LogP contribution is 2.64. The Bertz CT molecular complexity index is 616. The Hall–Kier alpha value is -0.590. The first kappa shape index (κ1) is 16.9. The Morgan fingerprint density at radius 2 is 2.12 bits per heavy atom. The normalized spacial score (nSPS) is 40.6. The van der Waals surface area contributed by atoms with E-state index in [-0.39, 0.29) is 0 Å². The van der Waals surface area contributed by atoms with Gasteiger partial charge in [-0.05, 0) is 96.8 Å². The molecule has 0 saturated heterocycles. The van der Waals surface area contributed by atoms with Gasteiger partial charge in [0.25, 0.3) is 0 Å². The van der Waals surface area contributed by atoms with E-state index in [1.807, 2.05) is 0 Å². The Morgan fingerprint density at radius 1 is 1.29 bits per heavy atom. The van der Waals surface area contributed by atoms with Crippen LogP contribution in [-0.4, -0.2) is 11.7 Å². The van der Waals surface area contributed by atoms with Crippen LogP contribution in [-0.2, 0) is 6.42 Å². The van der Waals surface area contributed by atoms with Gasteiger partial charge in [-0.15, -0.1) is 0 Å². The zero-order valence-electron chi connectivity index (χ0n) is 15.0. The van der Waals surface area contributed by atoms with Gasteiger partial charge in [0.1, 0.15) is 5.75 Å². The van der Waals surface area contributed by atoms with Crippen molar-refractivity contribution in [1.29, 1.82) is 0 Å². The molecule has 0 aliphatic heterocycles. The maximum atomic E-state index is 9.48. The summed E-state index contributed by atoms with van der Waals surface area (Å²) in [6.45, 7) is 5.37. The minimum Gasteiger partial charge on any atom is -0.480 e. The fourth-order valence-electron chi connectivity index (χ4n) is 6.77. The van der Waals surface area contributed by atoms with Crippen LogP contribution < -0.4 is 4.52 Å². The maximum Gasteiger partial charge on any atom is 0.122 e. The summed E-state index contributed by atoms with van der Waals surface area (Å²) in [5.41, 5.74) is 3.56. The molecule has 2 saturated carbocycles. The molecule has 132 valence electrons. The molecule has 3 aliphatic rings. The number of aliphatic hydroxyl groups is 1. The Kier molecular flexibility index (Phi) is 4.42. The number of hydrogen-bond acceptors (Lipinski definition) is 2. The molecule has 0 radical (unpaired) electrons. The molecule has 0 aromatic heterocycles. The largest absolute Gasteiger partial charge is 0.480 e. The van der Waals surface area contributed by atoms with Gasteiger partial charge in [-0.25, -0.2) is 0 Å². The van der Waals surface area contributed by atoms with Crippen LogP contribution in [0.25, 0.3) is 0 Å². The quantitative estimate of drug-likeness (QED) is 0.784. The maximum absolute atomic E-state index is 9.48. The van der Waals surface area contributed by atoms with E-state index in [1.165, 1.54) is 37.7 Å². The average molecular weight is 346 g/mol. The first-order valence-corrected chi connectivity index (χ1v) is 10.2. The Balaban J connectivity index is 1.67. The van der Waals surface area contributed by atoms with Crippen molar-refractivity contribution in [1.82, 2.24) is 0 Å². The molecule has 2 fully saturated rings. The first-order chi connectivity index (χ1) is 11.6. The Labute approximate surface area is 148 Å². The van der Waals surface area contributed by atoms with Crippen molar-refractivity contribution >= 4 is 9.47 Å². The summed E-state index contributed by atoms with van der Waals surface area (Å²) in [4.78, 5) is 0. The highest BCUT2D eigenvalue weighted by Gasteiger charge is 2.55. The van der Waals surface area contributed by atoms with E-state index in [0.29, 0.717) is 12.0 Å². The molecule has 1 aromatic carbocycles. The first-order valence-electron chi connectivity index (χ1n) is 9.69. The summed E-state index contributed by atoms with van der Waals surface area (Å²) >= 11 is 0. The van der Waals surface area contributed by atoms with Gasteiger partial charge in [0, 0.05) is 6.61 Å². The average Bonchev–Trinajstić information content (AvgIpc) is 2.91. The van der Waals surface area contributed by atoms with Gasteiger partial charge in [-0.2, -0.15) is 0 Å². The summed E-state index contributed by atoms with van der Waals surface area (Å²) in [7, 11) is 2.37. The highest BCUT2D eigenvalue weighted by molar-refractivity contribution is 7.10. The van der Waals surface area contributed by atoms with Crippen molar-refractivity contribution in [3.05, 3.63) is 29.3 Å². The molecule has 0 amide bonds. The second kappa shape index (κ2) is 6.29. The van der Waals surface area contributed by atoms with Crippen LogP contribution >= 0.6 is 9.47 Å². The van der Waals surface area contributed by atoms with Gasteiger partial charge in [0.2, 0.25) is 0 Å². The van der Waals surface area contributed by atoms with Crippen molar-refractivity contribution in [2.75, 3.05) is 6.61 Å². The van der Waals surface area contributed by atoms with Crippen LogP contribution in [0.3, 0.4) is 0 Å². The zero-order chi connectivity index (χ0) is 16.9. The molecule has 0 bridgehead atoms. The second-order valence-electron chi connectivity index (χ2n) is 8.78. The molecule has 7 atom stereocenters. The van der Waals surface area contributed by atoms with E-state index < -0.39 is 0 Å². The molecule has 0 heterocycles. The van der Waals surface area contributed by atoms with Crippen molar-refractivity contribution in [2.24, 2.45) is 29.1 Å². The van der Waals surface area contributed by atoms with E-state index in [2.05, 4.69) is 41.5 Å². The molecule has 1 aromatic rings. The molecule has 1 N–H and O–H groups in total. The SMILES string of the molecule is C[C@@H]1Cc2cc(OP)ccc2C2CC[C@@]3(C)C(CC[C@@H]3CCO)C21. The summed E-state index contributed by atoms with van der Waals surface area (Å²) in [5.74, 6) is 4.84. The minimum absolute atomic E-state index is 0.358. The molecule has 0 spiro atoms. The lowest BCUT2D eigenvalue weighted by atomic mass is 9.51. The van der Waals surface area contributed by atoms with Gasteiger partial charge in [0.05, 0.1) is 9.47 Å². The summed E-state index contributed by atoms with van der Waals surface area (Å²) in [6, 6.07) is 6.73. The topological polar surface area (TPSA) is 29.5 Å². The third-order valence-electron chi connectivity index (χ3n) is 7.86. The smallest absolute Gasteiger partial charge is 0.122 e. The standard InChI is InChI=1S/C21H31O2P/c1-13-11-14-12-16(23-24)4-5-17(14)18-7-9-21(2)15(8-10-22)3-6-19(21)20(13)18/h4-5,12-13,15,18-20,22H,3,6-11,24H2,1-2H3/t13-,15-,18?,19?,20?,21-/m1/s1. The van der Waals surface area contributed by atoms with Crippen molar-refractivity contribution in [3.8, 4) is 5.75 Å². The van der Waals surface area contributed by atoms with Crippen LogP contribution in [0, 0.1) is 29.1 Å². The lowest BCUT2D eigenvalue weighted by Gasteiger charge is -2.53. The van der Waals surface area contributed by atoms with Crippen LogP contribution in [0.5, 0.6) is 5.75 Å². The summed E-state index contributed by atoms with van der Waals surface area (Å²) in [5, 5.41) is 9.48. The molecule has 4 unspecified atom stereocenters. The van der Waals surface area contributed by atoms with E-state index in [9.17, 15) is 5.11 Å². The Morgan fingerprint density at radius 3 is 2.88 bits per heavy atom. The van der Waals surface area contributed by atoms with E-state index in [1.54, 1.807) is 5.56 Å². The van der Waals surface area contributed by atoms with Crippen molar-refractivity contribution < 1.29 is 9.63 Å². The number of benzene rings is 1. The number of rotatable bonds is 3. The van der Waals surface area contributed by atoms with Gasteiger partial charge in [-0.3, -0.25) is 0 Å². The van der Waals surface area contributed by atoms with Gasteiger partial charge < -0.3 is 9.63 Å². The summed E-state index contributed by atoms with van der Waals surface area (Å²) in [6.07, 6.45) is 7.54. The molecule has 3 aliphatic carbocycles. The van der Waals surface area contributed by atoms with Gasteiger partial charge in [0.15, 0.2) is 0 Å². The third kappa shape index (κ3) is 2.44. The second-order valence-corrected chi connectivity index (χ2v) is 9.02. The van der Waals surface area contributed by atoms with E-state index >= 15 is 0 Å². The minimum atomic E-state index is 0.358. The predicted octanol–water partition coefficient (Wildman–Crippen LogP) is 4.96. The van der Waals surface area contributed by atoms with Crippen LogP contribution in [0.15, 0.2) is 18.2 Å². The molecule has 2 nitrogen and oxygen atoms in total. The molecule has 3 heteroatoms. The molecule has 24 heavy (non-hydrogen) atoms. The monoisotopic (exact) mass is 346 g/mol.